The molecule has 8 nitrogen and oxygen atoms in total. The molecule has 0 spiro atoms. The Labute approximate surface area is 190 Å². The van der Waals surface area contributed by atoms with Gasteiger partial charge in [0.25, 0.3) is 0 Å². The zero-order valence-electron chi connectivity index (χ0n) is 17.6. The van der Waals surface area contributed by atoms with E-state index >= 15 is 0 Å². The maximum Gasteiger partial charge on any atom is 0.247 e. The highest BCUT2D eigenvalue weighted by Crippen LogP contribution is 2.42. The summed E-state index contributed by atoms with van der Waals surface area (Å²) >= 11 is 1.36. The Balaban J connectivity index is 1.36. The maximum absolute atomic E-state index is 13.3. The highest BCUT2D eigenvalue weighted by Gasteiger charge is 2.35. The molecule has 2 N–H and O–H groups in total. The molecule has 0 saturated carbocycles. The fraction of sp³-hybridized carbons (Fsp3) is 0.182. The molecule has 0 fully saturated rings. The van der Waals surface area contributed by atoms with Crippen molar-refractivity contribution in [2.45, 2.75) is 11.0 Å². The number of aromatic nitrogens is 4. The minimum absolute atomic E-state index is 0.454. The quantitative estimate of drug-likeness (QED) is 0.440. The van der Waals surface area contributed by atoms with Gasteiger partial charge in [0.05, 0.1) is 22.4 Å². The molecule has 2 aromatic carbocycles. The van der Waals surface area contributed by atoms with Crippen LogP contribution in [0.15, 0.2) is 66.9 Å². The molecule has 0 amide bonds. The molecule has 0 bridgehead atoms. The highest BCUT2D eigenvalue weighted by molar-refractivity contribution is 8.19. The van der Waals surface area contributed by atoms with Crippen LogP contribution in [0.5, 0.6) is 0 Å². The summed E-state index contributed by atoms with van der Waals surface area (Å²) in [4.78, 5) is 8.70. The fourth-order valence-electron chi connectivity index (χ4n) is 3.64. The van der Waals surface area contributed by atoms with Crippen LogP contribution in [0.1, 0.15) is 12.1 Å². The number of nitrogens with zero attached hydrogens (tertiary/aromatic N) is 4. The van der Waals surface area contributed by atoms with Crippen LogP contribution in [0.25, 0.3) is 15.9 Å². The van der Waals surface area contributed by atoms with Crippen LogP contribution in [0.2, 0.25) is 0 Å². The number of aromatic amines is 1. The summed E-state index contributed by atoms with van der Waals surface area (Å²) in [5.74, 6) is 0.602. The first-order valence-electron chi connectivity index (χ1n) is 10.1. The van der Waals surface area contributed by atoms with Crippen molar-refractivity contribution in [3.63, 3.8) is 0 Å². The number of allylic oxidation sites excluding steroid dienone is 1. The van der Waals surface area contributed by atoms with E-state index in [1.807, 2.05) is 61.7 Å². The molecule has 1 atom stereocenters. The van der Waals surface area contributed by atoms with Crippen molar-refractivity contribution in [2.24, 2.45) is 7.05 Å². The number of hydrogen-bond donors (Lipinski definition) is 2. The molecule has 164 valence electrons. The fourth-order valence-corrected chi connectivity index (χ4v) is 6.91. The largest absolute Gasteiger partial charge is 0.326 e. The zero-order valence-corrected chi connectivity index (χ0v) is 19.2. The molecule has 10 heteroatoms. The van der Waals surface area contributed by atoms with Gasteiger partial charge < -0.3 is 10.3 Å². The van der Waals surface area contributed by atoms with Gasteiger partial charge in [0.15, 0.2) is 0 Å². The second-order valence-electron chi connectivity index (χ2n) is 7.48. The molecular weight excluding hydrogens is 444 g/mol. The Morgan fingerprint density at radius 3 is 2.75 bits per heavy atom. The lowest BCUT2D eigenvalue weighted by molar-refractivity contribution is 0.591. The molecule has 32 heavy (non-hydrogen) atoms. The summed E-state index contributed by atoms with van der Waals surface area (Å²) in [5, 5.41) is 7.40. The van der Waals surface area contributed by atoms with E-state index in [9.17, 15) is 8.42 Å². The van der Waals surface area contributed by atoms with Crippen molar-refractivity contribution in [3.8, 4) is 0 Å². The maximum atomic E-state index is 13.3. The number of hydrogen-bond acceptors (Lipinski definition) is 6. The molecule has 1 unspecified atom stereocenters. The van der Waals surface area contributed by atoms with Crippen molar-refractivity contribution in [1.82, 2.24) is 19.7 Å². The average molecular weight is 467 g/mol. The third-order valence-corrected chi connectivity index (χ3v) is 9.34. The lowest BCUT2D eigenvalue weighted by atomic mass is 10.3. The van der Waals surface area contributed by atoms with Crippen LogP contribution in [-0.4, -0.2) is 39.8 Å². The number of sulfonamides is 1. The van der Waals surface area contributed by atoms with E-state index in [2.05, 4.69) is 20.4 Å². The monoisotopic (exact) mass is 466 g/mol. The molecule has 0 aliphatic carbocycles. The van der Waals surface area contributed by atoms with Crippen molar-refractivity contribution in [2.75, 3.05) is 16.7 Å². The average Bonchev–Trinajstić information content (AvgIpc) is 3.52. The van der Waals surface area contributed by atoms with E-state index < -0.39 is 14.6 Å². The first-order valence-corrected chi connectivity index (χ1v) is 12.4. The number of imidazole rings is 1. The van der Waals surface area contributed by atoms with Gasteiger partial charge in [0, 0.05) is 30.9 Å². The third kappa shape index (κ3) is 3.76. The molecule has 1 aliphatic heterocycles. The van der Waals surface area contributed by atoms with E-state index in [1.165, 1.54) is 16.1 Å². The summed E-state index contributed by atoms with van der Waals surface area (Å²) < 4.78 is 29.2. The number of rotatable bonds is 6. The smallest absolute Gasteiger partial charge is 0.247 e. The number of thioether (sulfide) groups is 1. The van der Waals surface area contributed by atoms with Crippen LogP contribution in [0, 0.1) is 0 Å². The summed E-state index contributed by atoms with van der Waals surface area (Å²) in [5.41, 5.74) is 3.94. The zero-order chi connectivity index (χ0) is 22.3. The first kappa shape index (κ1) is 20.7. The number of fused-ring (bicyclic) bond motifs is 1. The Bertz CT molecular complexity index is 1410. The number of H-pyrrole nitrogens is 1. The molecule has 3 heterocycles. The topological polar surface area (TPSA) is 95.9 Å². The van der Waals surface area contributed by atoms with Gasteiger partial charge in [-0.15, -0.1) is 11.8 Å². The lowest BCUT2D eigenvalue weighted by Gasteiger charge is -2.23. The van der Waals surface area contributed by atoms with Crippen molar-refractivity contribution < 1.29 is 8.42 Å². The Morgan fingerprint density at radius 2 is 2.00 bits per heavy atom. The van der Waals surface area contributed by atoms with Gasteiger partial charge in [-0.1, -0.05) is 24.3 Å². The van der Waals surface area contributed by atoms with Crippen LogP contribution >= 0.6 is 11.8 Å². The number of para-hydroxylation sites is 1. The standard InChI is InChI=1S/C22H22N6O2S2/c1-27-19(12-13-23-27)20-10-11-21(31-20)32(29,30)28(2)16-8-9-17-18(14-16)26-22(25-17)24-15-6-4-3-5-7-15/h3-10,12-14,21H,11H2,1-2H3,(H2,24,25,26). The van der Waals surface area contributed by atoms with Gasteiger partial charge in [0.1, 0.15) is 4.58 Å². The molecule has 1 aliphatic rings. The van der Waals surface area contributed by atoms with E-state index in [-0.39, 0.29) is 0 Å². The van der Waals surface area contributed by atoms with Gasteiger partial charge in [-0.3, -0.25) is 8.99 Å². The molecular formula is C22H22N6O2S2. The first-order chi connectivity index (χ1) is 15.4. The summed E-state index contributed by atoms with van der Waals surface area (Å²) in [7, 11) is -0.126. The number of aryl methyl sites for hydroxylation is 1. The van der Waals surface area contributed by atoms with Crippen molar-refractivity contribution >= 4 is 55.0 Å². The summed E-state index contributed by atoms with van der Waals surface area (Å²) in [6.45, 7) is 0. The van der Waals surface area contributed by atoms with Crippen LogP contribution in [0.3, 0.4) is 0 Å². The highest BCUT2D eigenvalue weighted by atomic mass is 32.3. The summed E-state index contributed by atoms with van der Waals surface area (Å²) in [6.07, 6.45) is 4.14. The minimum atomic E-state index is -3.57. The van der Waals surface area contributed by atoms with Gasteiger partial charge in [-0.05, 0) is 42.8 Å². The van der Waals surface area contributed by atoms with E-state index in [4.69, 9.17) is 0 Å². The van der Waals surface area contributed by atoms with Gasteiger partial charge in [-0.2, -0.15) is 5.10 Å². The molecule has 5 rings (SSSR count). The Kier molecular flexibility index (Phi) is 5.18. The SMILES string of the molecule is CN(c1ccc2nc(Nc3ccccc3)[nH]c2c1)S(=O)(=O)C1CC=C(c2ccnn2C)S1. The molecule has 0 saturated heterocycles. The second kappa shape index (κ2) is 8.03. The van der Waals surface area contributed by atoms with Gasteiger partial charge >= 0.3 is 0 Å². The number of nitrogens with one attached hydrogen (secondary N) is 2. The Morgan fingerprint density at radius 1 is 1.19 bits per heavy atom. The second-order valence-corrected chi connectivity index (χ2v) is 11.2. The van der Waals surface area contributed by atoms with Crippen LogP contribution < -0.4 is 9.62 Å². The Hall–Kier alpha value is -3.24. The van der Waals surface area contributed by atoms with Crippen molar-refractivity contribution in [1.29, 1.82) is 0 Å². The van der Waals surface area contributed by atoms with Gasteiger partial charge in [0.2, 0.25) is 16.0 Å². The van der Waals surface area contributed by atoms with Crippen LogP contribution in [-0.2, 0) is 17.1 Å². The van der Waals surface area contributed by atoms with Crippen molar-refractivity contribution in [3.05, 3.63) is 72.6 Å². The third-order valence-electron chi connectivity index (χ3n) is 5.41. The van der Waals surface area contributed by atoms with E-state index in [1.54, 1.807) is 24.0 Å². The summed E-state index contributed by atoms with van der Waals surface area (Å²) in [6, 6.07) is 17.0. The lowest BCUT2D eigenvalue weighted by Crippen LogP contribution is -2.33. The minimum Gasteiger partial charge on any atom is -0.326 e. The molecule has 4 aromatic rings. The molecule has 2 aromatic heterocycles. The van der Waals surface area contributed by atoms with Gasteiger partial charge in [-0.25, -0.2) is 13.4 Å². The predicted octanol–water partition coefficient (Wildman–Crippen LogP) is 4.31. The number of anilines is 3. The van der Waals surface area contributed by atoms with E-state index in [0.29, 0.717) is 18.1 Å². The normalized spacial score (nSPS) is 16.3. The van der Waals surface area contributed by atoms with E-state index in [0.717, 1.165) is 27.3 Å². The number of benzene rings is 2. The van der Waals surface area contributed by atoms with Crippen LogP contribution in [0.4, 0.5) is 17.3 Å². The molecule has 0 radical (unpaired) electrons. The predicted molar refractivity (Wildman–Crippen MR) is 130 cm³/mol.